The van der Waals surface area contributed by atoms with Crippen molar-refractivity contribution in [3.8, 4) is 0 Å². The standard InChI is InChI=1S/C17H22N4O3/c1-12-5-4-6-21-13(10-18-16(12)21)9-15(22)20-7-8-24-14(11-20)17(23)19(2)3/h4-6,10,14H,7-9,11H2,1-3H3/t14-/m1/s1. The summed E-state index contributed by atoms with van der Waals surface area (Å²) in [5.74, 6) is -0.129. The molecule has 1 saturated heterocycles. The van der Waals surface area contributed by atoms with E-state index in [4.69, 9.17) is 4.74 Å². The van der Waals surface area contributed by atoms with Gasteiger partial charge in [-0.3, -0.25) is 9.59 Å². The summed E-state index contributed by atoms with van der Waals surface area (Å²) < 4.78 is 7.44. The van der Waals surface area contributed by atoms with Crippen LogP contribution in [0.2, 0.25) is 0 Å². The van der Waals surface area contributed by atoms with E-state index in [9.17, 15) is 9.59 Å². The van der Waals surface area contributed by atoms with Crippen LogP contribution < -0.4 is 0 Å². The van der Waals surface area contributed by atoms with Crippen LogP contribution in [0.15, 0.2) is 24.5 Å². The molecule has 0 aliphatic carbocycles. The highest BCUT2D eigenvalue weighted by Crippen LogP contribution is 2.14. The summed E-state index contributed by atoms with van der Waals surface area (Å²) in [5, 5.41) is 0. The molecule has 2 amide bonds. The zero-order chi connectivity index (χ0) is 17.3. The number of amides is 2. The first-order valence-corrected chi connectivity index (χ1v) is 7.99. The molecule has 0 N–H and O–H groups in total. The number of hydrogen-bond acceptors (Lipinski definition) is 4. The maximum absolute atomic E-state index is 12.6. The molecule has 0 spiro atoms. The van der Waals surface area contributed by atoms with E-state index in [0.29, 0.717) is 19.7 Å². The number of carbonyl (C=O) groups is 2. The number of hydrogen-bond donors (Lipinski definition) is 0. The number of carbonyl (C=O) groups excluding carboxylic acids is 2. The number of nitrogens with zero attached hydrogens (tertiary/aromatic N) is 4. The molecule has 3 heterocycles. The van der Waals surface area contributed by atoms with Crippen LogP contribution in [-0.2, 0) is 20.7 Å². The Balaban J connectivity index is 1.72. The van der Waals surface area contributed by atoms with Crippen molar-refractivity contribution in [2.45, 2.75) is 19.4 Å². The molecule has 0 radical (unpaired) electrons. The lowest BCUT2D eigenvalue weighted by Crippen LogP contribution is -2.51. The van der Waals surface area contributed by atoms with Crippen molar-refractivity contribution in [3.05, 3.63) is 35.8 Å². The third kappa shape index (κ3) is 3.12. The topological polar surface area (TPSA) is 67.2 Å². The van der Waals surface area contributed by atoms with Crippen molar-refractivity contribution in [3.63, 3.8) is 0 Å². The Kier molecular flexibility index (Phi) is 4.53. The second-order valence-corrected chi connectivity index (χ2v) is 6.24. The van der Waals surface area contributed by atoms with Gasteiger partial charge in [-0.1, -0.05) is 6.07 Å². The Morgan fingerprint density at radius 1 is 1.42 bits per heavy atom. The molecule has 0 unspecified atom stereocenters. The molecular weight excluding hydrogens is 308 g/mol. The molecule has 2 aromatic heterocycles. The van der Waals surface area contributed by atoms with Crippen LogP contribution in [-0.4, -0.2) is 70.9 Å². The molecule has 0 bridgehead atoms. The lowest BCUT2D eigenvalue weighted by Gasteiger charge is -2.33. The van der Waals surface area contributed by atoms with E-state index in [1.165, 1.54) is 4.90 Å². The predicted molar refractivity (Wildman–Crippen MR) is 88.6 cm³/mol. The summed E-state index contributed by atoms with van der Waals surface area (Å²) in [6.45, 7) is 3.17. The summed E-state index contributed by atoms with van der Waals surface area (Å²) in [6, 6.07) is 3.94. The van der Waals surface area contributed by atoms with Gasteiger partial charge in [-0.05, 0) is 18.6 Å². The highest BCUT2D eigenvalue weighted by atomic mass is 16.5. The molecule has 2 aromatic rings. The Morgan fingerprint density at radius 2 is 2.21 bits per heavy atom. The molecule has 3 rings (SSSR count). The van der Waals surface area contributed by atoms with Crippen molar-refractivity contribution in [2.24, 2.45) is 0 Å². The van der Waals surface area contributed by atoms with Crippen molar-refractivity contribution in [1.82, 2.24) is 19.2 Å². The minimum Gasteiger partial charge on any atom is -0.365 e. The summed E-state index contributed by atoms with van der Waals surface area (Å²) in [7, 11) is 3.38. The number of imidazole rings is 1. The van der Waals surface area contributed by atoms with E-state index in [0.717, 1.165) is 16.9 Å². The third-order valence-electron chi connectivity index (χ3n) is 4.28. The van der Waals surface area contributed by atoms with Gasteiger partial charge >= 0.3 is 0 Å². The molecule has 1 aliphatic heterocycles. The first-order valence-electron chi connectivity index (χ1n) is 7.99. The molecule has 1 fully saturated rings. The maximum atomic E-state index is 12.6. The lowest BCUT2D eigenvalue weighted by molar-refractivity contribution is -0.152. The van der Waals surface area contributed by atoms with E-state index in [2.05, 4.69) is 4.98 Å². The number of ether oxygens (including phenoxy) is 1. The monoisotopic (exact) mass is 330 g/mol. The molecule has 24 heavy (non-hydrogen) atoms. The number of morpholine rings is 1. The Morgan fingerprint density at radius 3 is 2.96 bits per heavy atom. The fourth-order valence-corrected chi connectivity index (χ4v) is 2.91. The predicted octanol–water partition coefficient (Wildman–Crippen LogP) is 0.501. The van der Waals surface area contributed by atoms with Crippen molar-refractivity contribution >= 4 is 17.5 Å². The van der Waals surface area contributed by atoms with Crippen LogP contribution in [0.4, 0.5) is 0 Å². The van der Waals surface area contributed by atoms with E-state index >= 15 is 0 Å². The molecule has 7 nitrogen and oxygen atoms in total. The average Bonchev–Trinajstić information content (AvgIpc) is 2.98. The highest BCUT2D eigenvalue weighted by molar-refractivity contribution is 5.83. The van der Waals surface area contributed by atoms with Gasteiger partial charge in [-0.25, -0.2) is 4.98 Å². The van der Waals surface area contributed by atoms with Crippen molar-refractivity contribution < 1.29 is 14.3 Å². The van der Waals surface area contributed by atoms with Gasteiger partial charge in [0.15, 0.2) is 6.10 Å². The van der Waals surface area contributed by atoms with Gasteiger partial charge in [-0.15, -0.1) is 0 Å². The largest absolute Gasteiger partial charge is 0.365 e. The second-order valence-electron chi connectivity index (χ2n) is 6.24. The van der Waals surface area contributed by atoms with Gasteiger partial charge < -0.3 is 18.9 Å². The normalized spacial score (nSPS) is 18.0. The molecule has 0 aromatic carbocycles. The molecule has 128 valence electrons. The molecule has 0 saturated carbocycles. The average molecular weight is 330 g/mol. The Hall–Kier alpha value is -2.41. The molecule has 1 aliphatic rings. The van der Waals surface area contributed by atoms with Crippen molar-refractivity contribution in [2.75, 3.05) is 33.8 Å². The molecule has 7 heteroatoms. The summed E-state index contributed by atoms with van der Waals surface area (Å²) in [4.78, 5) is 32.3. The zero-order valence-electron chi connectivity index (χ0n) is 14.2. The van der Waals surface area contributed by atoms with Gasteiger partial charge in [0.1, 0.15) is 5.65 Å². The second kappa shape index (κ2) is 6.60. The maximum Gasteiger partial charge on any atom is 0.253 e. The van der Waals surface area contributed by atoms with E-state index in [1.54, 1.807) is 25.2 Å². The SMILES string of the molecule is Cc1cccn2c(CC(=O)N3CCO[C@@H](C(=O)N(C)C)C3)cnc12. The van der Waals surface area contributed by atoms with Crippen LogP contribution in [0.3, 0.4) is 0 Å². The lowest BCUT2D eigenvalue weighted by atomic mass is 10.2. The fourth-order valence-electron chi connectivity index (χ4n) is 2.91. The van der Waals surface area contributed by atoms with Crippen LogP contribution >= 0.6 is 0 Å². The summed E-state index contributed by atoms with van der Waals surface area (Å²) in [5.41, 5.74) is 2.78. The van der Waals surface area contributed by atoms with Crippen molar-refractivity contribution in [1.29, 1.82) is 0 Å². The number of rotatable bonds is 3. The first kappa shape index (κ1) is 16.4. The Labute approximate surface area is 140 Å². The summed E-state index contributed by atoms with van der Waals surface area (Å²) in [6.07, 6.45) is 3.33. The number of likely N-dealkylation sites (N-methyl/N-ethyl adjacent to an activating group) is 1. The van der Waals surface area contributed by atoms with Gasteiger partial charge in [0.05, 0.1) is 25.3 Å². The van der Waals surface area contributed by atoms with Gasteiger partial charge in [-0.2, -0.15) is 0 Å². The number of fused-ring (bicyclic) bond motifs is 1. The van der Waals surface area contributed by atoms with Gasteiger partial charge in [0.2, 0.25) is 5.91 Å². The van der Waals surface area contributed by atoms with E-state index in [-0.39, 0.29) is 18.2 Å². The van der Waals surface area contributed by atoms with Gasteiger partial charge in [0.25, 0.3) is 5.91 Å². The van der Waals surface area contributed by atoms with Gasteiger partial charge in [0, 0.05) is 33.0 Å². The summed E-state index contributed by atoms with van der Waals surface area (Å²) >= 11 is 0. The fraction of sp³-hybridized carbons (Fsp3) is 0.471. The number of aryl methyl sites for hydroxylation is 1. The first-order chi connectivity index (χ1) is 11.5. The van der Waals surface area contributed by atoms with Crippen LogP contribution in [0, 0.1) is 6.92 Å². The Bertz CT molecular complexity index is 768. The zero-order valence-corrected chi connectivity index (χ0v) is 14.2. The third-order valence-corrected chi connectivity index (χ3v) is 4.28. The smallest absolute Gasteiger partial charge is 0.253 e. The van der Waals surface area contributed by atoms with E-state index in [1.807, 2.05) is 29.7 Å². The number of aromatic nitrogens is 2. The molecule has 1 atom stereocenters. The minimum atomic E-state index is -0.581. The molecular formula is C17H22N4O3. The van der Waals surface area contributed by atoms with Crippen LogP contribution in [0.25, 0.3) is 5.65 Å². The van der Waals surface area contributed by atoms with Crippen LogP contribution in [0.1, 0.15) is 11.3 Å². The quantitative estimate of drug-likeness (QED) is 0.822. The van der Waals surface area contributed by atoms with Crippen LogP contribution in [0.5, 0.6) is 0 Å². The highest BCUT2D eigenvalue weighted by Gasteiger charge is 2.30. The minimum absolute atomic E-state index is 0.0156. The van der Waals surface area contributed by atoms with E-state index < -0.39 is 6.10 Å². The number of pyridine rings is 1.